The number of rotatable bonds is 10. The SMILES string of the molecule is CCOP(=O)(S)OCCCCCCNC(C)=O. The van der Waals surface area contributed by atoms with Crippen LogP contribution in [0.15, 0.2) is 0 Å². The zero-order valence-corrected chi connectivity index (χ0v) is 12.3. The summed E-state index contributed by atoms with van der Waals surface area (Å²) in [5.74, 6) is 0.000982. The molecule has 0 saturated carbocycles. The number of hydrogen-bond acceptors (Lipinski definition) is 4. The highest BCUT2D eigenvalue weighted by molar-refractivity contribution is 8.44. The van der Waals surface area contributed by atoms with Gasteiger partial charge in [0.2, 0.25) is 5.91 Å². The molecule has 0 aromatic heterocycles. The van der Waals surface area contributed by atoms with Crippen LogP contribution in [0.1, 0.15) is 39.5 Å². The zero-order valence-electron chi connectivity index (χ0n) is 10.5. The van der Waals surface area contributed by atoms with Crippen molar-refractivity contribution in [1.82, 2.24) is 5.32 Å². The lowest BCUT2D eigenvalue weighted by molar-refractivity contribution is -0.118. The van der Waals surface area contributed by atoms with Crippen LogP contribution in [0, 0.1) is 0 Å². The number of carbonyl (C=O) groups is 1. The first-order valence-electron chi connectivity index (χ1n) is 5.84. The summed E-state index contributed by atoms with van der Waals surface area (Å²) < 4.78 is 21.3. The third-order valence-electron chi connectivity index (χ3n) is 1.99. The number of carbonyl (C=O) groups excluding carboxylic acids is 1. The van der Waals surface area contributed by atoms with Gasteiger partial charge in [-0.15, -0.1) is 0 Å². The summed E-state index contributed by atoms with van der Waals surface area (Å²) in [6.07, 6.45) is 3.75. The van der Waals surface area contributed by atoms with Gasteiger partial charge in [-0.05, 0) is 19.8 Å². The van der Waals surface area contributed by atoms with Crippen molar-refractivity contribution in [3.8, 4) is 0 Å². The van der Waals surface area contributed by atoms with Gasteiger partial charge < -0.3 is 14.4 Å². The quantitative estimate of drug-likeness (QED) is 0.367. The van der Waals surface area contributed by atoms with Crippen molar-refractivity contribution in [1.29, 1.82) is 0 Å². The Morgan fingerprint density at radius 1 is 1.24 bits per heavy atom. The fourth-order valence-electron chi connectivity index (χ4n) is 1.23. The lowest BCUT2D eigenvalue weighted by Crippen LogP contribution is -2.20. The number of hydrogen-bond donors (Lipinski definition) is 2. The number of amides is 1. The van der Waals surface area contributed by atoms with Crippen LogP contribution in [0.3, 0.4) is 0 Å². The Morgan fingerprint density at radius 3 is 2.47 bits per heavy atom. The molecule has 17 heavy (non-hydrogen) atoms. The maximum absolute atomic E-state index is 11.4. The predicted molar refractivity (Wildman–Crippen MR) is 71.3 cm³/mol. The number of unbranched alkanes of at least 4 members (excludes halogenated alkanes) is 3. The van der Waals surface area contributed by atoms with Crippen LogP contribution >= 0.6 is 19.0 Å². The molecular weight excluding hydrogens is 261 g/mol. The first-order valence-corrected chi connectivity index (χ1v) is 8.54. The van der Waals surface area contributed by atoms with Crippen LogP contribution in [-0.4, -0.2) is 25.7 Å². The number of nitrogens with one attached hydrogen (secondary N) is 1. The smallest absolute Gasteiger partial charge is 0.356 e. The van der Waals surface area contributed by atoms with Crippen molar-refractivity contribution in [2.24, 2.45) is 0 Å². The Labute approximate surface area is 108 Å². The summed E-state index contributed by atoms with van der Waals surface area (Å²) >= 11 is 3.81. The van der Waals surface area contributed by atoms with Crippen molar-refractivity contribution in [2.75, 3.05) is 19.8 Å². The second-order valence-electron chi connectivity index (χ2n) is 3.62. The van der Waals surface area contributed by atoms with E-state index in [9.17, 15) is 9.36 Å². The summed E-state index contributed by atoms with van der Waals surface area (Å²) in [5.41, 5.74) is 0. The number of thiol groups is 1. The summed E-state index contributed by atoms with van der Waals surface area (Å²) in [5, 5.41) is 2.73. The zero-order chi connectivity index (χ0) is 13.1. The summed E-state index contributed by atoms with van der Waals surface area (Å²) in [6, 6.07) is 0. The molecule has 0 aliphatic heterocycles. The minimum Gasteiger partial charge on any atom is -0.356 e. The molecule has 5 nitrogen and oxygen atoms in total. The Balaban J connectivity index is 3.29. The topological polar surface area (TPSA) is 64.6 Å². The van der Waals surface area contributed by atoms with Crippen molar-refractivity contribution in [3.05, 3.63) is 0 Å². The molecule has 1 N–H and O–H groups in total. The molecule has 0 heterocycles. The Hall–Kier alpha value is -0.0300. The van der Waals surface area contributed by atoms with E-state index < -0.39 is 6.80 Å². The lowest BCUT2D eigenvalue weighted by Gasteiger charge is -2.11. The van der Waals surface area contributed by atoms with E-state index in [-0.39, 0.29) is 5.91 Å². The molecule has 0 spiro atoms. The molecule has 0 aliphatic carbocycles. The standard InChI is InChI=1S/C10H22NO4PS/c1-3-14-16(13,17)15-9-7-5-4-6-8-11-10(2)12/h3-9H2,1-2H3,(H,11,12)(H,13,17). The van der Waals surface area contributed by atoms with Crippen LogP contribution in [0.2, 0.25) is 0 Å². The van der Waals surface area contributed by atoms with Crippen LogP contribution in [0.25, 0.3) is 0 Å². The molecule has 7 heteroatoms. The van der Waals surface area contributed by atoms with Gasteiger partial charge >= 0.3 is 6.80 Å². The van der Waals surface area contributed by atoms with E-state index in [2.05, 4.69) is 17.6 Å². The van der Waals surface area contributed by atoms with Gasteiger partial charge in [-0.3, -0.25) is 4.79 Å². The summed E-state index contributed by atoms with van der Waals surface area (Å²) in [4.78, 5) is 10.6. The predicted octanol–water partition coefficient (Wildman–Crippen LogP) is 2.77. The molecule has 102 valence electrons. The molecule has 0 aromatic rings. The molecule has 0 saturated heterocycles. The van der Waals surface area contributed by atoms with Crippen LogP contribution in [-0.2, 0) is 18.4 Å². The Kier molecular flexibility index (Phi) is 9.93. The Bertz CT molecular complexity index is 263. The van der Waals surface area contributed by atoms with Gasteiger partial charge in [0.1, 0.15) is 0 Å². The van der Waals surface area contributed by atoms with Gasteiger partial charge in [-0.2, -0.15) is 0 Å². The molecular formula is C10H22NO4PS. The average molecular weight is 283 g/mol. The molecule has 0 aliphatic rings. The van der Waals surface area contributed by atoms with E-state index >= 15 is 0 Å². The first-order chi connectivity index (χ1) is 7.98. The molecule has 0 fully saturated rings. The highest BCUT2D eigenvalue weighted by Gasteiger charge is 2.16. The minimum absolute atomic E-state index is 0.000982. The van der Waals surface area contributed by atoms with Crippen molar-refractivity contribution in [3.63, 3.8) is 0 Å². The molecule has 0 radical (unpaired) electrons. The molecule has 0 rings (SSSR count). The van der Waals surface area contributed by atoms with E-state index in [1.54, 1.807) is 6.92 Å². The highest BCUT2D eigenvalue weighted by atomic mass is 32.7. The van der Waals surface area contributed by atoms with E-state index in [1.807, 2.05) is 0 Å². The van der Waals surface area contributed by atoms with Gasteiger partial charge in [0, 0.05) is 13.5 Å². The van der Waals surface area contributed by atoms with Gasteiger partial charge in [0.25, 0.3) is 0 Å². The molecule has 1 atom stereocenters. The van der Waals surface area contributed by atoms with Gasteiger partial charge in [-0.25, -0.2) is 4.57 Å². The van der Waals surface area contributed by atoms with Crippen LogP contribution < -0.4 is 5.32 Å². The van der Waals surface area contributed by atoms with Gasteiger partial charge in [0.15, 0.2) is 0 Å². The third kappa shape index (κ3) is 12.2. The van der Waals surface area contributed by atoms with Gasteiger partial charge in [0.05, 0.1) is 13.2 Å². The second-order valence-corrected chi connectivity index (χ2v) is 6.54. The molecule has 0 aromatic carbocycles. The van der Waals surface area contributed by atoms with E-state index in [0.29, 0.717) is 19.8 Å². The van der Waals surface area contributed by atoms with E-state index in [0.717, 1.165) is 25.7 Å². The first kappa shape index (κ1) is 17.0. The Morgan fingerprint density at radius 2 is 1.88 bits per heavy atom. The minimum atomic E-state index is -3.13. The monoisotopic (exact) mass is 283 g/mol. The average Bonchev–Trinajstić information content (AvgIpc) is 2.21. The fraction of sp³-hybridized carbons (Fsp3) is 0.900. The lowest BCUT2D eigenvalue weighted by atomic mass is 10.2. The van der Waals surface area contributed by atoms with E-state index in [1.165, 1.54) is 6.92 Å². The fourth-order valence-corrected chi connectivity index (χ4v) is 2.58. The van der Waals surface area contributed by atoms with E-state index in [4.69, 9.17) is 9.05 Å². The maximum Gasteiger partial charge on any atom is 0.386 e. The van der Waals surface area contributed by atoms with Gasteiger partial charge in [-0.1, -0.05) is 25.1 Å². The third-order valence-corrected chi connectivity index (χ3v) is 3.78. The summed E-state index contributed by atoms with van der Waals surface area (Å²) in [6.45, 7) is 1.55. The molecule has 1 unspecified atom stereocenters. The highest BCUT2D eigenvalue weighted by Crippen LogP contribution is 2.52. The largest absolute Gasteiger partial charge is 0.386 e. The maximum atomic E-state index is 11.4. The molecule has 1 amide bonds. The van der Waals surface area contributed by atoms with Crippen molar-refractivity contribution >= 4 is 25.0 Å². The normalized spacial score (nSPS) is 14.3. The van der Waals surface area contributed by atoms with Crippen LogP contribution in [0.4, 0.5) is 0 Å². The molecule has 0 bridgehead atoms. The second kappa shape index (κ2) is 9.95. The van der Waals surface area contributed by atoms with Crippen molar-refractivity contribution in [2.45, 2.75) is 39.5 Å². The summed E-state index contributed by atoms with van der Waals surface area (Å²) in [7, 11) is 0. The van der Waals surface area contributed by atoms with Crippen LogP contribution in [0.5, 0.6) is 0 Å². The van der Waals surface area contributed by atoms with Crippen molar-refractivity contribution < 1.29 is 18.4 Å².